The number of carbonyl (C=O) groups is 1. The van der Waals surface area contributed by atoms with E-state index in [0.29, 0.717) is 17.3 Å². The van der Waals surface area contributed by atoms with Crippen LogP contribution in [0.2, 0.25) is 0 Å². The van der Waals surface area contributed by atoms with Crippen LogP contribution in [0.3, 0.4) is 0 Å². The molecular formula is C23H24N4O4. The minimum absolute atomic E-state index is 0.303. The van der Waals surface area contributed by atoms with Crippen LogP contribution < -0.4 is 11.2 Å². The summed E-state index contributed by atoms with van der Waals surface area (Å²) in [6, 6.07) is 6.37. The summed E-state index contributed by atoms with van der Waals surface area (Å²) in [4.78, 5) is 45.6. The number of aromatic nitrogens is 4. The molecule has 3 aromatic heterocycles. The lowest BCUT2D eigenvalue weighted by Crippen LogP contribution is -2.43. The van der Waals surface area contributed by atoms with E-state index in [0.717, 1.165) is 26.6 Å². The largest absolute Gasteiger partial charge is 0.481 e. The van der Waals surface area contributed by atoms with Gasteiger partial charge in [-0.3, -0.25) is 23.7 Å². The first-order chi connectivity index (χ1) is 14.8. The summed E-state index contributed by atoms with van der Waals surface area (Å²) in [5.74, 6) is -1.06. The topological polar surface area (TPSA) is 110 Å². The van der Waals surface area contributed by atoms with Gasteiger partial charge in [-0.2, -0.15) is 0 Å². The van der Waals surface area contributed by atoms with Gasteiger partial charge in [-0.25, -0.2) is 4.79 Å². The van der Waals surface area contributed by atoms with E-state index in [9.17, 15) is 19.5 Å². The number of fused-ring (bicyclic) bond motifs is 2. The van der Waals surface area contributed by atoms with E-state index in [-0.39, 0.29) is 6.42 Å². The molecule has 4 aromatic rings. The molecule has 1 unspecified atom stereocenters. The molecule has 3 heterocycles. The maximum absolute atomic E-state index is 13.6. The van der Waals surface area contributed by atoms with Gasteiger partial charge in [0.2, 0.25) is 0 Å². The van der Waals surface area contributed by atoms with E-state index < -0.39 is 29.3 Å². The number of rotatable bonds is 6. The second kappa shape index (κ2) is 7.86. The molecule has 8 heteroatoms. The molecule has 0 saturated carbocycles. The molecule has 4 rings (SSSR count). The molecule has 0 aliphatic rings. The van der Waals surface area contributed by atoms with E-state index >= 15 is 0 Å². The number of carboxylic acids is 1. The fourth-order valence-electron chi connectivity index (χ4n) is 4.38. The highest BCUT2D eigenvalue weighted by atomic mass is 16.4. The van der Waals surface area contributed by atoms with Crippen LogP contribution in [0.4, 0.5) is 0 Å². The molecular weight excluding hydrogens is 396 g/mol. The van der Waals surface area contributed by atoms with Gasteiger partial charge >= 0.3 is 11.7 Å². The molecule has 2 N–H and O–H groups in total. The zero-order chi connectivity index (χ0) is 22.3. The first-order valence-corrected chi connectivity index (χ1v) is 10.2. The summed E-state index contributed by atoms with van der Waals surface area (Å²) >= 11 is 0. The van der Waals surface area contributed by atoms with Crippen molar-refractivity contribution in [3.63, 3.8) is 0 Å². The number of aliphatic carboxylic acids is 1. The molecule has 31 heavy (non-hydrogen) atoms. The summed E-state index contributed by atoms with van der Waals surface area (Å²) in [7, 11) is 0. The Balaban J connectivity index is 2.04. The van der Waals surface area contributed by atoms with Gasteiger partial charge in [-0.1, -0.05) is 19.1 Å². The van der Waals surface area contributed by atoms with Crippen LogP contribution in [0.5, 0.6) is 0 Å². The third-order valence-corrected chi connectivity index (χ3v) is 5.95. The van der Waals surface area contributed by atoms with E-state index in [4.69, 9.17) is 0 Å². The van der Waals surface area contributed by atoms with Gasteiger partial charge in [0.1, 0.15) is 0 Å². The molecule has 0 saturated heterocycles. The normalized spacial score (nSPS) is 13.5. The van der Waals surface area contributed by atoms with Crippen molar-refractivity contribution in [2.24, 2.45) is 0 Å². The van der Waals surface area contributed by atoms with E-state index in [1.54, 1.807) is 17.6 Å². The highest BCUT2D eigenvalue weighted by Crippen LogP contribution is 2.30. The van der Waals surface area contributed by atoms with Crippen LogP contribution in [0.15, 0.2) is 52.4 Å². The first-order valence-electron chi connectivity index (χ1n) is 10.2. The molecule has 160 valence electrons. The van der Waals surface area contributed by atoms with Gasteiger partial charge in [0, 0.05) is 28.9 Å². The molecule has 0 aliphatic heterocycles. The van der Waals surface area contributed by atoms with Crippen molar-refractivity contribution in [2.45, 2.75) is 45.7 Å². The third-order valence-electron chi connectivity index (χ3n) is 5.95. The van der Waals surface area contributed by atoms with Crippen molar-refractivity contribution >= 4 is 27.8 Å². The zero-order valence-electron chi connectivity index (χ0n) is 17.6. The minimum Gasteiger partial charge on any atom is -0.481 e. The predicted molar refractivity (Wildman–Crippen MR) is 119 cm³/mol. The number of H-pyrrole nitrogens is 1. The molecule has 2 atom stereocenters. The van der Waals surface area contributed by atoms with E-state index in [2.05, 4.69) is 9.97 Å². The summed E-state index contributed by atoms with van der Waals surface area (Å²) in [6.45, 7) is 5.68. The highest BCUT2D eigenvalue weighted by molar-refractivity contribution is 5.87. The number of nitrogens with one attached hydrogen (secondary N) is 1. The summed E-state index contributed by atoms with van der Waals surface area (Å²) in [5.41, 5.74) is 2.35. The van der Waals surface area contributed by atoms with Crippen LogP contribution in [-0.2, 0) is 4.79 Å². The lowest BCUT2D eigenvalue weighted by molar-refractivity contribution is -0.138. The Labute approximate surface area is 177 Å². The number of hydrogen-bond acceptors (Lipinski definition) is 4. The Morgan fingerprint density at radius 3 is 2.71 bits per heavy atom. The average Bonchev–Trinajstić information content (AvgIpc) is 3.18. The quantitative estimate of drug-likeness (QED) is 0.497. The number of aryl methyl sites for hydroxylation is 1. The average molecular weight is 420 g/mol. The lowest BCUT2D eigenvalue weighted by atomic mass is 10.0. The lowest BCUT2D eigenvalue weighted by Gasteiger charge is -2.23. The fourth-order valence-corrected chi connectivity index (χ4v) is 4.38. The number of nitrogens with zero attached hydrogens (tertiary/aromatic N) is 3. The van der Waals surface area contributed by atoms with Crippen molar-refractivity contribution in [1.29, 1.82) is 0 Å². The van der Waals surface area contributed by atoms with Crippen molar-refractivity contribution in [1.82, 2.24) is 19.1 Å². The molecule has 0 radical (unpaired) electrons. The summed E-state index contributed by atoms with van der Waals surface area (Å²) < 4.78 is 2.64. The minimum atomic E-state index is -1.06. The number of carboxylic acid groups (broad SMARTS) is 1. The number of pyridine rings is 1. The maximum Gasteiger partial charge on any atom is 0.332 e. The van der Waals surface area contributed by atoms with Crippen molar-refractivity contribution in [3.05, 3.63) is 74.8 Å². The third kappa shape index (κ3) is 3.34. The SMILES string of the molecule is CCC(CC(=O)O)n1c(=O)c2ccncc2n([C@@H](C)c2c[nH]c3cccc(C)c23)c1=O. The number of aromatic amines is 1. The van der Waals surface area contributed by atoms with E-state index in [1.807, 2.05) is 38.2 Å². The van der Waals surface area contributed by atoms with Crippen LogP contribution >= 0.6 is 0 Å². The predicted octanol–water partition coefficient (Wildman–Crippen LogP) is 3.38. The van der Waals surface area contributed by atoms with Crippen LogP contribution in [-0.4, -0.2) is 30.2 Å². The van der Waals surface area contributed by atoms with Gasteiger partial charge in [-0.05, 0) is 38.0 Å². The van der Waals surface area contributed by atoms with Gasteiger partial charge in [0.05, 0.1) is 35.6 Å². The van der Waals surface area contributed by atoms with E-state index in [1.165, 1.54) is 12.4 Å². The fraction of sp³-hybridized carbons (Fsp3) is 0.304. The summed E-state index contributed by atoms with van der Waals surface area (Å²) in [5, 5.41) is 10.7. The molecule has 0 aliphatic carbocycles. The van der Waals surface area contributed by atoms with Crippen LogP contribution in [0.25, 0.3) is 21.8 Å². The second-order valence-corrected chi connectivity index (χ2v) is 7.80. The molecule has 8 nitrogen and oxygen atoms in total. The Hall–Kier alpha value is -3.68. The highest BCUT2D eigenvalue weighted by Gasteiger charge is 2.25. The second-order valence-electron chi connectivity index (χ2n) is 7.80. The van der Waals surface area contributed by atoms with Gasteiger partial charge in [-0.15, -0.1) is 0 Å². The smallest absolute Gasteiger partial charge is 0.332 e. The summed E-state index contributed by atoms with van der Waals surface area (Å²) in [6.07, 6.45) is 4.93. The maximum atomic E-state index is 13.6. The van der Waals surface area contributed by atoms with Gasteiger partial charge in [0.15, 0.2) is 0 Å². The molecule has 0 spiro atoms. The molecule has 0 bridgehead atoms. The first kappa shape index (κ1) is 20.6. The zero-order valence-corrected chi connectivity index (χ0v) is 17.6. The van der Waals surface area contributed by atoms with Gasteiger partial charge in [0.25, 0.3) is 5.56 Å². The molecule has 0 amide bonds. The van der Waals surface area contributed by atoms with Crippen LogP contribution in [0, 0.1) is 6.92 Å². The van der Waals surface area contributed by atoms with Crippen molar-refractivity contribution in [2.75, 3.05) is 0 Å². The monoisotopic (exact) mass is 420 g/mol. The molecule has 0 fully saturated rings. The standard InChI is InChI=1S/C23H24N4O4/c1-4-15(10-20(28)29)27-22(30)16-8-9-24-12-19(16)26(23(27)31)14(3)17-11-25-18-7-5-6-13(2)21(17)18/h5-9,11-12,14-15,25H,4,10H2,1-3H3,(H,28,29)/t14-,15?/m0/s1. The van der Waals surface area contributed by atoms with Crippen molar-refractivity contribution < 1.29 is 9.90 Å². The Kier molecular flexibility index (Phi) is 5.22. The van der Waals surface area contributed by atoms with Crippen LogP contribution in [0.1, 0.15) is 49.9 Å². The Morgan fingerprint density at radius 1 is 1.23 bits per heavy atom. The van der Waals surface area contributed by atoms with Gasteiger partial charge < -0.3 is 10.1 Å². The van der Waals surface area contributed by atoms with Crippen molar-refractivity contribution in [3.8, 4) is 0 Å². The number of hydrogen-bond donors (Lipinski definition) is 2. The number of benzene rings is 1. The Bertz CT molecular complexity index is 1410. The Morgan fingerprint density at radius 2 is 2.00 bits per heavy atom. The molecule has 1 aromatic carbocycles.